The summed E-state index contributed by atoms with van der Waals surface area (Å²) in [6.45, 7) is 5.22. The van der Waals surface area contributed by atoms with E-state index >= 15 is 0 Å². The summed E-state index contributed by atoms with van der Waals surface area (Å²) in [5.41, 5.74) is 0. The maximum absolute atomic E-state index is 4.44. The standard InChI is InChI=1S/C13H24N6/c1-5-7-14-11-16-12(15-10-8-9(10)6-2)18-13(17-11)19(3)4/h9-10H,5-8H2,1-4H3,(H2,14,15,16,17,18). The summed E-state index contributed by atoms with van der Waals surface area (Å²) in [7, 11) is 3.88. The second-order valence-electron chi connectivity index (χ2n) is 5.26. The molecule has 0 saturated heterocycles. The van der Waals surface area contributed by atoms with Crippen molar-refractivity contribution >= 4 is 17.8 Å². The zero-order chi connectivity index (χ0) is 13.8. The van der Waals surface area contributed by atoms with Gasteiger partial charge in [0.2, 0.25) is 17.8 Å². The number of aromatic nitrogens is 3. The maximum atomic E-state index is 4.44. The maximum Gasteiger partial charge on any atom is 0.231 e. The minimum absolute atomic E-state index is 0.529. The fourth-order valence-electron chi connectivity index (χ4n) is 1.99. The van der Waals surface area contributed by atoms with Gasteiger partial charge in [-0.1, -0.05) is 20.3 Å². The fourth-order valence-corrected chi connectivity index (χ4v) is 1.99. The summed E-state index contributed by atoms with van der Waals surface area (Å²) in [6, 6.07) is 0.529. The molecule has 2 rings (SSSR count). The van der Waals surface area contributed by atoms with E-state index in [2.05, 4.69) is 39.4 Å². The normalized spacial score (nSPS) is 21.1. The van der Waals surface area contributed by atoms with Crippen LogP contribution < -0.4 is 15.5 Å². The second-order valence-corrected chi connectivity index (χ2v) is 5.26. The molecule has 6 nitrogen and oxygen atoms in total. The van der Waals surface area contributed by atoms with E-state index in [9.17, 15) is 0 Å². The van der Waals surface area contributed by atoms with Crippen molar-refractivity contribution in [1.29, 1.82) is 0 Å². The first-order chi connectivity index (χ1) is 9.13. The molecule has 1 aromatic heterocycles. The van der Waals surface area contributed by atoms with Gasteiger partial charge in [0.1, 0.15) is 0 Å². The van der Waals surface area contributed by atoms with E-state index in [0.717, 1.165) is 18.9 Å². The Bertz CT molecular complexity index is 420. The molecule has 1 heterocycles. The lowest BCUT2D eigenvalue weighted by molar-refractivity contribution is 0.770. The third-order valence-electron chi connectivity index (χ3n) is 3.32. The lowest BCUT2D eigenvalue weighted by Crippen LogP contribution is -2.18. The third-order valence-corrected chi connectivity index (χ3v) is 3.32. The van der Waals surface area contributed by atoms with Gasteiger partial charge in [-0.15, -0.1) is 0 Å². The van der Waals surface area contributed by atoms with Crippen molar-refractivity contribution in [3.8, 4) is 0 Å². The Morgan fingerprint density at radius 3 is 2.47 bits per heavy atom. The van der Waals surface area contributed by atoms with Crippen LogP contribution in [0.5, 0.6) is 0 Å². The highest BCUT2D eigenvalue weighted by Crippen LogP contribution is 2.35. The first-order valence-electron chi connectivity index (χ1n) is 7.07. The smallest absolute Gasteiger partial charge is 0.231 e. The summed E-state index contributed by atoms with van der Waals surface area (Å²) < 4.78 is 0. The summed E-state index contributed by atoms with van der Waals surface area (Å²) in [4.78, 5) is 15.2. The molecular weight excluding hydrogens is 240 g/mol. The highest BCUT2D eigenvalue weighted by molar-refractivity contribution is 5.44. The first kappa shape index (κ1) is 13.8. The number of hydrogen-bond acceptors (Lipinski definition) is 6. The molecule has 0 aliphatic heterocycles. The highest BCUT2D eigenvalue weighted by Gasteiger charge is 2.35. The third kappa shape index (κ3) is 3.68. The molecule has 106 valence electrons. The largest absolute Gasteiger partial charge is 0.354 e. The van der Waals surface area contributed by atoms with Crippen LogP contribution in [0.25, 0.3) is 0 Å². The predicted octanol–water partition coefficient (Wildman–Crippen LogP) is 1.97. The summed E-state index contributed by atoms with van der Waals surface area (Å²) in [5, 5.41) is 6.62. The van der Waals surface area contributed by atoms with Gasteiger partial charge in [-0.2, -0.15) is 15.0 Å². The molecule has 1 saturated carbocycles. The van der Waals surface area contributed by atoms with E-state index in [1.807, 2.05) is 19.0 Å². The Balaban J connectivity index is 2.09. The molecule has 2 N–H and O–H groups in total. The van der Waals surface area contributed by atoms with Crippen LogP contribution >= 0.6 is 0 Å². The van der Waals surface area contributed by atoms with Crippen LogP contribution in [0.1, 0.15) is 33.1 Å². The number of rotatable bonds is 7. The molecule has 19 heavy (non-hydrogen) atoms. The number of hydrogen-bond donors (Lipinski definition) is 2. The van der Waals surface area contributed by atoms with E-state index in [0.29, 0.717) is 23.9 Å². The van der Waals surface area contributed by atoms with E-state index in [4.69, 9.17) is 0 Å². The molecule has 2 unspecified atom stereocenters. The zero-order valence-corrected chi connectivity index (χ0v) is 12.3. The number of anilines is 3. The van der Waals surface area contributed by atoms with Gasteiger partial charge >= 0.3 is 0 Å². The molecule has 0 radical (unpaired) electrons. The van der Waals surface area contributed by atoms with Gasteiger partial charge in [0.25, 0.3) is 0 Å². The van der Waals surface area contributed by atoms with E-state index in [-0.39, 0.29) is 0 Å². The van der Waals surface area contributed by atoms with Crippen LogP contribution in [-0.4, -0.2) is 41.6 Å². The lowest BCUT2D eigenvalue weighted by atomic mass is 10.3. The van der Waals surface area contributed by atoms with Crippen molar-refractivity contribution in [2.45, 2.75) is 39.2 Å². The Kier molecular flexibility index (Phi) is 4.39. The van der Waals surface area contributed by atoms with Crippen LogP contribution in [0.3, 0.4) is 0 Å². The Labute approximate surface area is 115 Å². The molecule has 0 aromatic carbocycles. The summed E-state index contributed by atoms with van der Waals surface area (Å²) in [5.74, 6) is 2.78. The lowest BCUT2D eigenvalue weighted by Gasteiger charge is -2.14. The Morgan fingerprint density at radius 1 is 1.16 bits per heavy atom. The van der Waals surface area contributed by atoms with E-state index < -0.39 is 0 Å². The van der Waals surface area contributed by atoms with E-state index in [1.54, 1.807) is 0 Å². The summed E-state index contributed by atoms with van der Waals surface area (Å²) >= 11 is 0. The van der Waals surface area contributed by atoms with Gasteiger partial charge in [0.05, 0.1) is 0 Å². The highest BCUT2D eigenvalue weighted by atomic mass is 15.3. The Hall–Kier alpha value is -1.59. The quantitative estimate of drug-likeness (QED) is 0.785. The van der Waals surface area contributed by atoms with Crippen molar-refractivity contribution in [3.05, 3.63) is 0 Å². The second kappa shape index (κ2) is 6.04. The molecule has 1 aliphatic rings. The van der Waals surface area contributed by atoms with Gasteiger partial charge in [0, 0.05) is 26.7 Å². The number of nitrogens with zero attached hydrogens (tertiary/aromatic N) is 4. The van der Waals surface area contributed by atoms with Gasteiger partial charge < -0.3 is 15.5 Å². The van der Waals surface area contributed by atoms with Crippen molar-refractivity contribution in [3.63, 3.8) is 0 Å². The van der Waals surface area contributed by atoms with Gasteiger partial charge in [0.15, 0.2) is 0 Å². The van der Waals surface area contributed by atoms with Crippen molar-refractivity contribution in [2.24, 2.45) is 5.92 Å². The molecule has 1 fully saturated rings. The minimum Gasteiger partial charge on any atom is -0.354 e. The first-order valence-corrected chi connectivity index (χ1v) is 7.07. The molecule has 0 amide bonds. The molecule has 1 aliphatic carbocycles. The van der Waals surface area contributed by atoms with Gasteiger partial charge in [-0.05, 0) is 18.8 Å². The fraction of sp³-hybridized carbons (Fsp3) is 0.769. The van der Waals surface area contributed by atoms with Crippen LogP contribution in [0.15, 0.2) is 0 Å². The molecule has 1 aromatic rings. The van der Waals surface area contributed by atoms with Gasteiger partial charge in [-0.25, -0.2) is 0 Å². The SMILES string of the molecule is CCCNc1nc(NC2CC2CC)nc(N(C)C)n1. The number of nitrogens with one attached hydrogen (secondary N) is 2. The Morgan fingerprint density at radius 2 is 1.89 bits per heavy atom. The van der Waals surface area contributed by atoms with Crippen LogP contribution in [0.2, 0.25) is 0 Å². The van der Waals surface area contributed by atoms with Crippen LogP contribution in [0, 0.1) is 5.92 Å². The molecule has 0 spiro atoms. The topological polar surface area (TPSA) is 66.0 Å². The van der Waals surface area contributed by atoms with Gasteiger partial charge in [-0.3, -0.25) is 0 Å². The van der Waals surface area contributed by atoms with Crippen molar-refractivity contribution in [1.82, 2.24) is 15.0 Å². The van der Waals surface area contributed by atoms with Crippen molar-refractivity contribution in [2.75, 3.05) is 36.2 Å². The summed E-state index contributed by atoms with van der Waals surface area (Å²) in [6.07, 6.45) is 3.48. The molecule has 0 bridgehead atoms. The average molecular weight is 264 g/mol. The van der Waals surface area contributed by atoms with Crippen molar-refractivity contribution < 1.29 is 0 Å². The molecule has 6 heteroatoms. The van der Waals surface area contributed by atoms with E-state index in [1.165, 1.54) is 12.8 Å². The monoisotopic (exact) mass is 264 g/mol. The zero-order valence-electron chi connectivity index (χ0n) is 12.3. The predicted molar refractivity (Wildman–Crippen MR) is 78.7 cm³/mol. The molecular formula is C13H24N6. The van der Waals surface area contributed by atoms with Crippen LogP contribution in [0.4, 0.5) is 17.8 Å². The minimum atomic E-state index is 0.529. The molecule has 2 atom stereocenters. The average Bonchev–Trinajstić information content (AvgIpc) is 3.14. The van der Waals surface area contributed by atoms with Crippen LogP contribution in [-0.2, 0) is 0 Å².